The molecule has 1 saturated heterocycles. The maximum atomic E-state index is 12.7. The van der Waals surface area contributed by atoms with Gasteiger partial charge in [-0.15, -0.1) is 0 Å². The lowest BCUT2D eigenvalue weighted by Crippen LogP contribution is -2.35. The molecule has 1 aliphatic heterocycles. The maximum absolute atomic E-state index is 12.7. The Morgan fingerprint density at radius 2 is 1.85 bits per heavy atom. The third-order valence-electron chi connectivity index (χ3n) is 4.97. The van der Waals surface area contributed by atoms with Crippen molar-refractivity contribution >= 4 is 22.5 Å². The Hall–Kier alpha value is -2.92. The number of carbonyl (C=O) groups excluding carboxylic acids is 1. The van der Waals surface area contributed by atoms with Gasteiger partial charge in [0.05, 0.1) is 5.52 Å². The van der Waals surface area contributed by atoms with Crippen LogP contribution in [0.4, 0.5) is 5.69 Å². The zero-order valence-corrected chi connectivity index (χ0v) is 15.4. The number of carbonyl (C=O) groups is 1. The van der Waals surface area contributed by atoms with Gasteiger partial charge in [-0.1, -0.05) is 12.1 Å². The third-order valence-corrected chi connectivity index (χ3v) is 4.97. The largest absolute Gasteiger partial charge is 0.490 e. The summed E-state index contributed by atoms with van der Waals surface area (Å²) in [6.45, 7) is 2.14. The van der Waals surface area contributed by atoms with E-state index in [9.17, 15) is 4.79 Å². The number of nitrogens with zero attached hydrogens (tertiary/aromatic N) is 2. The van der Waals surface area contributed by atoms with Gasteiger partial charge in [-0.05, 0) is 62.4 Å². The van der Waals surface area contributed by atoms with E-state index in [0.717, 1.165) is 48.3 Å². The number of pyridine rings is 1. The predicted octanol–water partition coefficient (Wildman–Crippen LogP) is 3.96. The summed E-state index contributed by atoms with van der Waals surface area (Å²) in [5.74, 6) is 0.703. The first-order chi connectivity index (χ1) is 13.2. The number of benzene rings is 2. The minimum Gasteiger partial charge on any atom is -0.490 e. The molecule has 1 aliphatic rings. The molecular formula is C22H23N3O2. The maximum Gasteiger partial charge on any atom is 0.256 e. The topological polar surface area (TPSA) is 54.5 Å². The molecule has 5 nitrogen and oxygen atoms in total. The van der Waals surface area contributed by atoms with E-state index in [2.05, 4.69) is 22.2 Å². The first-order valence-corrected chi connectivity index (χ1v) is 9.29. The Kier molecular flexibility index (Phi) is 5.03. The number of aromatic nitrogens is 1. The quantitative estimate of drug-likeness (QED) is 0.764. The molecule has 0 aliphatic carbocycles. The Balaban J connectivity index is 1.43. The van der Waals surface area contributed by atoms with Gasteiger partial charge in [-0.25, -0.2) is 0 Å². The van der Waals surface area contributed by atoms with Gasteiger partial charge >= 0.3 is 0 Å². The SMILES string of the molecule is CN1CCC(Oc2ccc(NC(=O)c3cccc4ncccc34)cc2)CC1. The smallest absolute Gasteiger partial charge is 0.256 e. The first kappa shape index (κ1) is 17.5. The van der Waals surface area contributed by atoms with Crippen LogP contribution in [-0.2, 0) is 0 Å². The standard InChI is InChI=1S/C22H23N3O2/c1-25-14-11-18(12-15-25)27-17-9-7-16(8-10-17)24-22(26)20-4-2-6-21-19(20)5-3-13-23-21/h2-10,13,18H,11-12,14-15H2,1H3,(H,24,26). The summed E-state index contributed by atoms with van der Waals surface area (Å²) in [5.41, 5.74) is 2.18. The van der Waals surface area contributed by atoms with E-state index < -0.39 is 0 Å². The number of nitrogens with one attached hydrogen (secondary N) is 1. The number of anilines is 1. The van der Waals surface area contributed by atoms with E-state index in [1.54, 1.807) is 6.20 Å². The number of piperidine rings is 1. The second kappa shape index (κ2) is 7.76. The molecule has 3 aromatic rings. The van der Waals surface area contributed by atoms with Crippen molar-refractivity contribution < 1.29 is 9.53 Å². The molecule has 0 bridgehead atoms. The number of hydrogen-bond acceptors (Lipinski definition) is 4. The Bertz CT molecular complexity index is 926. The molecule has 27 heavy (non-hydrogen) atoms. The zero-order chi connectivity index (χ0) is 18.6. The summed E-state index contributed by atoms with van der Waals surface area (Å²) >= 11 is 0. The van der Waals surface area contributed by atoms with Crippen molar-refractivity contribution in [1.82, 2.24) is 9.88 Å². The molecule has 0 spiro atoms. The first-order valence-electron chi connectivity index (χ1n) is 9.29. The minimum absolute atomic E-state index is 0.141. The average Bonchev–Trinajstić information content (AvgIpc) is 2.71. The molecule has 0 radical (unpaired) electrons. The molecule has 1 N–H and O–H groups in total. The predicted molar refractivity (Wildman–Crippen MR) is 107 cm³/mol. The third kappa shape index (κ3) is 4.09. The van der Waals surface area contributed by atoms with Crippen molar-refractivity contribution in [3.63, 3.8) is 0 Å². The molecule has 4 rings (SSSR count). The van der Waals surface area contributed by atoms with Crippen molar-refractivity contribution in [2.24, 2.45) is 0 Å². The van der Waals surface area contributed by atoms with Gasteiger partial charge < -0.3 is 15.0 Å². The van der Waals surface area contributed by atoms with Gasteiger partial charge in [-0.3, -0.25) is 9.78 Å². The van der Waals surface area contributed by atoms with Crippen molar-refractivity contribution in [2.75, 3.05) is 25.5 Å². The van der Waals surface area contributed by atoms with Crippen molar-refractivity contribution in [2.45, 2.75) is 18.9 Å². The van der Waals surface area contributed by atoms with Gasteiger partial charge in [0.1, 0.15) is 11.9 Å². The van der Waals surface area contributed by atoms with E-state index in [0.29, 0.717) is 5.56 Å². The second-order valence-corrected chi connectivity index (χ2v) is 6.97. The van der Waals surface area contributed by atoms with E-state index in [-0.39, 0.29) is 12.0 Å². The molecule has 1 fully saturated rings. The van der Waals surface area contributed by atoms with Crippen LogP contribution in [-0.4, -0.2) is 42.0 Å². The molecule has 2 heterocycles. The van der Waals surface area contributed by atoms with Crippen LogP contribution >= 0.6 is 0 Å². The normalized spacial score (nSPS) is 15.6. The zero-order valence-electron chi connectivity index (χ0n) is 15.4. The highest BCUT2D eigenvalue weighted by atomic mass is 16.5. The van der Waals surface area contributed by atoms with E-state index >= 15 is 0 Å². The molecule has 0 unspecified atom stereocenters. The van der Waals surface area contributed by atoms with Crippen molar-refractivity contribution in [1.29, 1.82) is 0 Å². The average molecular weight is 361 g/mol. The fourth-order valence-electron chi connectivity index (χ4n) is 3.41. The lowest BCUT2D eigenvalue weighted by molar-refractivity contribution is 0.102. The van der Waals surface area contributed by atoms with Crippen LogP contribution in [0.1, 0.15) is 23.2 Å². The number of ether oxygens (including phenoxy) is 1. The van der Waals surface area contributed by atoms with Gasteiger partial charge in [-0.2, -0.15) is 0 Å². The lowest BCUT2D eigenvalue weighted by atomic mass is 10.1. The van der Waals surface area contributed by atoms with Crippen molar-refractivity contribution in [3.8, 4) is 5.75 Å². The van der Waals surface area contributed by atoms with Crippen LogP contribution in [0.15, 0.2) is 60.8 Å². The van der Waals surface area contributed by atoms with Gasteiger partial charge in [0.2, 0.25) is 0 Å². The highest BCUT2D eigenvalue weighted by molar-refractivity contribution is 6.12. The molecule has 0 atom stereocenters. The molecular weight excluding hydrogens is 338 g/mol. The fourth-order valence-corrected chi connectivity index (χ4v) is 3.41. The van der Waals surface area contributed by atoms with Crippen LogP contribution in [0.5, 0.6) is 5.75 Å². The molecule has 138 valence electrons. The number of likely N-dealkylation sites (tertiary alicyclic amines) is 1. The Morgan fingerprint density at radius 3 is 2.63 bits per heavy atom. The summed E-state index contributed by atoms with van der Waals surface area (Å²) in [5, 5.41) is 3.81. The molecule has 1 aromatic heterocycles. The van der Waals surface area contributed by atoms with Crippen molar-refractivity contribution in [3.05, 3.63) is 66.4 Å². The van der Waals surface area contributed by atoms with Crippen LogP contribution in [0.3, 0.4) is 0 Å². The summed E-state index contributed by atoms with van der Waals surface area (Å²) in [7, 11) is 2.14. The Morgan fingerprint density at radius 1 is 1.07 bits per heavy atom. The van der Waals surface area contributed by atoms with Crippen LogP contribution < -0.4 is 10.1 Å². The summed E-state index contributed by atoms with van der Waals surface area (Å²) in [4.78, 5) is 19.3. The highest BCUT2D eigenvalue weighted by Crippen LogP contribution is 2.22. The van der Waals surface area contributed by atoms with Gasteiger partial charge in [0.15, 0.2) is 0 Å². The monoisotopic (exact) mass is 361 g/mol. The fraction of sp³-hybridized carbons (Fsp3) is 0.273. The summed E-state index contributed by atoms with van der Waals surface area (Å²) in [6, 6.07) is 16.9. The van der Waals surface area contributed by atoms with E-state index in [4.69, 9.17) is 4.74 Å². The Labute approximate surface area is 159 Å². The number of amides is 1. The molecule has 5 heteroatoms. The van der Waals surface area contributed by atoms with Crippen LogP contribution in [0.25, 0.3) is 10.9 Å². The minimum atomic E-state index is -0.141. The summed E-state index contributed by atoms with van der Waals surface area (Å²) < 4.78 is 6.06. The number of rotatable bonds is 4. The van der Waals surface area contributed by atoms with Crippen LogP contribution in [0.2, 0.25) is 0 Å². The van der Waals surface area contributed by atoms with E-state index in [1.807, 2.05) is 54.6 Å². The molecule has 2 aromatic carbocycles. The van der Waals surface area contributed by atoms with Gasteiger partial charge in [0.25, 0.3) is 5.91 Å². The number of hydrogen-bond donors (Lipinski definition) is 1. The van der Waals surface area contributed by atoms with E-state index in [1.165, 1.54) is 0 Å². The number of fused-ring (bicyclic) bond motifs is 1. The second-order valence-electron chi connectivity index (χ2n) is 6.97. The summed E-state index contributed by atoms with van der Waals surface area (Å²) in [6.07, 6.45) is 4.09. The molecule has 0 saturated carbocycles. The lowest BCUT2D eigenvalue weighted by Gasteiger charge is -2.29. The molecule has 1 amide bonds. The van der Waals surface area contributed by atoms with Crippen LogP contribution in [0, 0.1) is 0 Å². The van der Waals surface area contributed by atoms with Gasteiger partial charge in [0, 0.05) is 35.9 Å². The highest BCUT2D eigenvalue weighted by Gasteiger charge is 2.18.